The quantitative estimate of drug-likeness (QED) is 0.489. The first kappa shape index (κ1) is 15.1. The third-order valence-corrected chi connectivity index (χ3v) is 4.06. The van der Waals surface area contributed by atoms with Gasteiger partial charge < -0.3 is 9.80 Å². The number of benzene rings is 1. The summed E-state index contributed by atoms with van der Waals surface area (Å²) in [5.41, 5.74) is 1.63. The van der Waals surface area contributed by atoms with Gasteiger partial charge in [0.25, 0.3) is 5.69 Å². The first-order chi connectivity index (χ1) is 9.52. The number of nitro groups is 1. The molecule has 0 radical (unpaired) electrons. The van der Waals surface area contributed by atoms with Crippen LogP contribution in [0.25, 0.3) is 0 Å². The summed E-state index contributed by atoms with van der Waals surface area (Å²) in [6.45, 7) is 4.89. The molecule has 1 aliphatic heterocycles. The van der Waals surface area contributed by atoms with Gasteiger partial charge in [-0.1, -0.05) is 6.07 Å². The average Bonchev–Trinajstić information content (AvgIpc) is 2.58. The summed E-state index contributed by atoms with van der Waals surface area (Å²) in [6.07, 6.45) is 1.01. The van der Waals surface area contributed by atoms with Gasteiger partial charge in [-0.3, -0.25) is 10.1 Å². The molecular weight excluding hydrogens is 278 g/mol. The Kier molecular flexibility index (Phi) is 4.83. The molecule has 0 amide bonds. The van der Waals surface area contributed by atoms with E-state index in [0.717, 1.165) is 31.6 Å². The molecule has 20 heavy (non-hydrogen) atoms. The maximum atomic E-state index is 11.3. The number of nitrogens with zero attached hydrogens (tertiary/aromatic N) is 3. The molecule has 0 bridgehead atoms. The number of hydrogen-bond acceptors (Lipinski definition) is 4. The summed E-state index contributed by atoms with van der Waals surface area (Å²) in [6, 6.07) is 5.54. The van der Waals surface area contributed by atoms with Crippen molar-refractivity contribution in [2.24, 2.45) is 0 Å². The predicted molar refractivity (Wildman–Crippen MR) is 81.6 cm³/mol. The van der Waals surface area contributed by atoms with Crippen LogP contribution in [0.3, 0.4) is 0 Å². The molecule has 1 unspecified atom stereocenters. The van der Waals surface area contributed by atoms with Crippen molar-refractivity contribution in [3.05, 3.63) is 33.9 Å². The van der Waals surface area contributed by atoms with E-state index in [0.29, 0.717) is 11.6 Å². The van der Waals surface area contributed by atoms with Crippen LogP contribution in [0.5, 0.6) is 0 Å². The van der Waals surface area contributed by atoms with Crippen molar-refractivity contribution in [2.45, 2.75) is 25.3 Å². The molecule has 1 fully saturated rings. The van der Waals surface area contributed by atoms with Crippen LogP contribution in [0.15, 0.2) is 18.2 Å². The molecule has 1 aliphatic rings. The van der Waals surface area contributed by atoms with Gasteiger partial charge in [-0.05, 0) is 38.6 Å². The van der Waals surface area contributed by atoms with Crippen molar-refractivity contribution >= 4 is 23.0 Å². The highest BCUT2D eigenvalue weighted by Crippen LogP contribution is 2.32. The summed E-state index contributed by atoms with van der Waals surface area (Å²) in [7, 11) is 2.09. The van der Waals surface area contributed by atoms with Gasteiger partial charge in [0, 0.05) is 31.1 Å². The molecule has 1 saturated heterocycles. The Bertz CT molecular complexity index is 495. The van der Waals surface area contributed by atoms with E-state index < -0.39 is 0 Å². The summed E-state index contributed by atoms with van der Waals surface area (Å²) in [5, 5.41) is 11.3. The second-order valence-electron chi connectivity index (χ2n) is 5.37. The molecule has 6 heteroatoms. The summed E-state index contributed by atoms with van der Waals surface area (Å²) in [5.74, 6) is 0.291. The Hall–Kier alpha value is -1.33. The number of nitro benzene ring substituents is 1. The van der Waals surface area contributed by atoms with E-state index in [2.05, 4.69) is 23.8 Å². The zero-order chi connectivity index (χ0) is 14.7. The van der Waals surface area contributed by atoms with Crippen LogP contribution in [0.4, 0.5) is 11.4 Å². The molecule has 0 aromatic heterocycles. The average molecular weight is 298 g/mol. The van der Waals surface area contributed by atoms with E-state index in [1.807, 2.05) is 12.1 Å². The Morgan fingerprint density at radius 1 is 1.45 bits per heavy atom. The molecule has 1 aromatic rings. The minimum absolute atomic E-state index is 0.152. The molecule has 1 heterocycles. The zero-order valence-corrected chi connectivity index (χ0v) is 12.6. The van der Waals surface area contributed by atoms with E-state index in [4.69, 9.17) is 11.6 Å². The van der Waals surface area contributed by atoms with Crippen molar-refractivity contribution in [1.82, 2.24) is 4.90 Å². The molecule has 0 aliphatic carbocycles. The van der Waals surface area contributed by atoms with Crippen LogP contribution < -0.4 is 4.90 Å². The Labute approximate surface area is 124 Å². The number of rotatable bonds is 3. The fourth-order valence-electron chi connectivity index (χ4n) is 2.77. The van der Waals surface area contributed by atoms with Crippen LogP contribution in [0.2, 0.25) is 0 Å². The molecule has 0 saturated carbocycles. The lowest BCUT2D eigenvalue weighted by atomic mass is 10.1. The first-order valence-corrected chi connectivity index (χ1v) is 7.35. The maximum Gasteiger partial charge on any atom is 0.292 e. The van der Waals surface area contributed by atoms with Gasteiger partial charge >= 0.3 is 0 Å². The lowest BCUT2D eigenvalue weighted by Crippen LogP contribution is -2.38. The number of likely N-dealkylation sites (N-methyl/N-ethyl adjacent to an activating group) is 1. The van der Waals surface area contributed by atoms with Crippen LogP contribution in [-0.2, 0) is 5.88 Å². The third kappa shape index (κ3) is 3.22. The minimum atomic E-state index is -0.313. The molecular formula is C14H20ClN3O2. The molecule has 110 valence electrons. The van der Waals surface area contributed by atoms with Crippen molar-refractivity contribution in [3.8, 4) is 0 Å². The second-order valence-corrected chi connectivity index (χ2v) is 5.64. The summed E-state index contributed by atoms with van der Waals surface area (Å²) < 4.78 is 0. The first-order valence-electron chi connectivity index (χ1n) is 6.81. The van der Waals surface area contributed by atoms with Gasteiger partial charge in [-0.15, -0.1) is 11.6 Å². The Morgan fingerprint density at radius 2 is 2.20 bits per heavy atom. The zero-order valence-electron chi connectivity index (χ0n) is 11.9. The Balaban J connectivity index is 2.37. The molecule has 2 rings (SSSR count). The van der Waals surface area contributed by atoms with Crippen molar-refractivity contribution in [1.29, 1.82) is 0 Å². The van der Waals surface area contributed by atoms with Crippen molar-refractivity contribution < 1.29 is 4.92 Å². The van der Waals surface area contributed by atoms with Crippen molar-refractivity contribution in [3.63, 3.8) is 0 Å². The van der Waals surface area contributed by atoms with Crippen LogP contribution >= 0.6 is 11.6 Å². The van der Waals surface area contributed by atoms with Gasteiger partial charge in [0.2, 0.25) is 0 Å². The minimum Gasteiger partial charge on any atom is -0.362 e. The lowest BCUT2D eigenvalue weighted by molar-refractivity contribution is -0.384. The van der Waals surface area contributed by atoms with Crippen LogP contribution in [0.1, 0.15) is 18.9 Å². The maximum absolute atomic E-state index is 11.3. The van der Waals surface area contributed by atoms with Crippen LogP contribution in [0, 0.1) is 10.1 Å². The standard InChI is InChI=1S/C14H20ClN3O2/c1-11-10-16(2)6-3-7-17(11)13-5-4-12(9-15)8-14(13)18(19)20/h4-5,8,11H,3,6-7,9-10H2,1-2H3. The van der Waals surface area contributed by atoms with Crippen molar-refractivity contribution in [2.75, 3.05) is 31.6 Å². The second kappa shape index (κ2) is 6.41. The molecule has 0 spiro atoms. The van der Waals surface area contributed by atoms with E-state index in [1.54, 1.807) is 6.07 Å². The molecule has 1 aromatic carbocycles. The number of hydrogen-bond donors (Lipinski definition) is 0. The van der Waals surface area contributed by atoms with Gasteiger partial charge in [-0.25, -0.2) is 0 Å². The number of halogens is 1. The highest BCUT2D eigenvalue weighted by molar-refractivity contribution is 6.17. The van der Waals surface area contributed by atoms with E-state index in [-0.39, 0.29) is 16.7 Å². The van der Waals surface area contributed by atoms with E-state index in [1.165, 1.54) is 0 Å². The fourth-order valence-corrected chi connectivity index (χ4v) is 2.94. The highest BCUT2D eigenvalue weighted by Gasteiger charge is 2.26. The topological polar surface area (TPSA) is 49.6 Å². The number of anilines is 1. The predicted octanol–water partition coefficient (Wildman–Crippen LogP) is 2.86. The Morgan fingerprint density at radius 3 is 2.85 bits per heavy atom. The highest BCUT2D eigenvalue weighted by atomic mass is 35.5. The number of alkyl halides is 1. The fraction of sp³-hybridized carbons (Fsp3) is 0.571. The van der Waals surface area contributed by atoms with Crippen LogP contribution in [-0.4, -0.2) is 42.5 Å². The SMILES string of the molecule is CC1CN(C)CCCN1c1ccc(CCl)cc1[N+](=O)[O-]. The monoisotopic (exact) mass is 297 g/mol. The normalized spacial score (nSPS) is 20.8. The van der Waals surface area contributed by atoms with Gasteiger partial charge in [0.05, 0.1) is 4.92 Å². The summed E-state index contributed by atoms with van der Waals surface area (Å²) >= 11 is 5.77. The summed E-state index contributed by atoms with van der Waals surface area (Å²) in [4.78, 5) is 15.4. The van der Waals surface area contributed by atoms with E-state index >= 15 is 0 Å². The molecule has 0 N–H and O–H groups in total. The van der Waals surface area contributed by atoms with Gasteiger partial charge in [0.1, 0.15) is 5.69 Å². The van der Waals surface area contributed by atoms with E-state index in [9.17, 15) is 10.1 Å². The molecule has 5 nitrogen and oxygen atoms in total. The van der Waals surface area contributed by atoms with Gasteiger partial charge in [-0.2, -0.15) is 0 Å². The van der Waals surface area contributed by atoms with Gasteiger partial charge in [0.15, 0.2) is 0 Å². The lowest BCUT2D eigenvalue weighted by Gasteiger charge is -2.29. The third-order valence-electron chi connectivity index (χ3n) is 3.75. The molecule has 1 atom stereocenters. The smallest absolute Gasteiger partial charge is 0.292 e. The largest absolute Gasteiger partial charge is 0.362 e.